The molecule has 0 bridgehead atoms. The number of ether oxygens (including phenoxy) is 1. The van der Waals surface area contributed by atoms with Gasteiger partial charge in [0.1, 0.15) is 6.61 Å². The van der Waals surface area contributed by atoms with Crippen molar-refractivity contribution in [1.82, 2.24) is 0 Å². The van der Waals surface area contributed by atoms with E-state index in [2.05, 4.69) is 13.0 Å². The summed E-state index contributed by atoms with van der Waals surface area (Å²) in [7, 11) is 0. The van der Waals surface area contributed by atoms with Crippen LogP contribution in [0.3, 0.4) is 0 Å². The van der Waals surface area contributed by atoms with Gasteiger partial charge in [0.15, 0.2) is 0 Å². The van der Waals surface area contributed by atoms with Gasteiger partial charge in [-0.2, -0.15) is 0 Å². The number of unbranched alkanes of at least 4 members (excludes halogenated alkanes) is 6. The lowest BCUT2D eigenvalue weighted by Crippen LogP contribution is -2.07. The standard InChI is InChI=1S/C19H27ClO2/c1-2-3-4-5-6-7-8-9-10-15-22-19(21)16-17-11-13-18(20)14-12-17/h9-14H,2-8,15-16H2,1H3/b10-9+. The molecule has 0 aliphatic rings. The predicted molar refractivity (Wildman–Crippen MR) is 93.2 cm³/mol. The Morgan fingerprint density at radius 3 is 2.45 bits per heavy atom. The van der Waals surface area contributed by atoms with Gasteiger partial charge in [-0.05, 0) is 30.5 Å². The molecule has 3 heteroatoms. The first-order valence-corrected chi connectivity index (χ1v) is 8.65. The van der Waals surface area contributed by atoms with E-state index in [1.54, 1.807) is 12.1 Å². The number of hydrogen-bond acceptors (Lipinski definition) is 2. The third-order valence-electron chi connectivity index (χ3n) is 3.49. The molecule has 0 N–H and O–H groups in total. The van der Waals surface area contributed by atoms with E-state index in [4.69, 9.17) is 16.3 Å². The summed E-state index contributed by atoms with van der Waals surface area (Å²) in [4.78, 5) is 11.6. The number of carbonyl (C=O) groups is 1. The van der Waals surface area contributed by atoms with Gasteiger partial charge in [0.25, 0.3) is 0 Å². The molecule has 122 valence electrons. The van der Waals surface area contributed by atoms with Crippen LogP contribution in [0.5, 0.6) is 0 Å². The van der Waals surface area contributed by atoms with Crippen molar-refractivity contribution in [3.63, 3.8) is 0 Å². The molecular weight excluding hydrogens is 296 g/mol. The Morgan fingerprint density at radius 2 is 1.73 bits per heavy atom. The summed E-state index contributed by atoms with van der Waals surface area (Å²) in [5.41, 5.74) is 0.922. The van der Waals surface area contributed by atoms with Crippen molar-refractivity contribution in [3.8, 4) is 0 Å². The molecule has 1 aromatic carbocycles. The van der Waals surface area contributed by atoms with Crippen LogP contribution < -0.4 is 0 Å². The Labute approximate surface area is 139 Å². The van der Waals surface area contributed by atoms with Crippen LogP contribution in [-0.2, 0) is 16.0 Å². The number of halogens is 1. The van der Waals surface area contributed by atoms with E-state index in [-0.39, 0.29) is 5.97 Å². The lowest BCUT2D eigenvalue weighted by atomic mass is 10.1. The normalized spacial score (nSPS) is 11.0. The zero-order valence-electron chi connectivity index (χ0n) is 13.5. The molecule has 0 saturated heterocycles. The number of benzene rings is 1. The number of carbonyl (C=O) groups excluding carboxylic acids is 1. The molecule has 0 amide bonds. The minimum absolute atomic E-state index is 0.202. The second kappa shape index (κ2) is 12.3. The van der Waals surface area contributed by atoms with E-state index in [9.17, 15) is 4.79 Å². The molecule has 0 spiro atoms. The Morgan fingerprint density at radius 1 is 1.05 bits per heavy atom. The van der Waals surface area contributed by atoms with Crippen LogP contribution in [0, 0.1) is 0 Å². The van der Waals surface area contributed by atoms with E-state index in [0.29, 0.717) is 18.1 Å². The summed E-state index contributed by atoms with van der Waals surface area (Å²) in [5.74, 6) is -0.202. The molecule has 0 fully saturated rings. The lowest BCUT2D eigenvalue weighted by Gasteiger charge is -2.02. The highest BCUT2D eigenvalue weighted by atomic mass is 35.5. The van der Waals surface area contributed by atoms with Crippen LogP contribution in [0.4, 0.5) is 0 Å². The second-order valence-corrected chi connectivity index (χ2v) is 5.95. The Bertz CT molecular complexity index is 437. The number of hydrogen-bond donors (Lipinski definition) is 0. The zero-order chi connectivity index (χ0) is 16.0. The molecule has 1 aromatic rings. The molecule has 0 heterocycles. The van der Waals surface area contributed by atoms with Gasteiger partial charge in [-0.3, -0.25) is 4.79 Å². The van der Waals surface area contributed by atoms with Crippen molar-refractivity contribution in [2.24, 2.45) is 0 Å². The van der Waals surface area contributed by atoms with Crippen molar-refractivity contribution in [3.05, 3.63) is 47.0 Å². The smallest absolute Gasteiger partial charge is 0.310 e. The Hall–Kier alpha value is -1.28. The van der Waals surface area contributed by atoms with Crippen LogP contribution in [0.1, 0.15) is 57.4 Å². The SMILES string of the molecule is CCCCCCCC/C=C/COC(=O)Cc1ccc(Cl)cc1. The van der Waals surface area contributed by atoms with Crippen molar-refractivity contribution < 1.29 is 9.53 Å². The maximum Gasteiger partial charge on any atom is 0.310 e. The third kappa shape index (κ3) is 9.62. The topological polar surface area (TPSA) is 26.3 Å². The average molecular weight is 323 g/mol. The van der Waals surface area contributed by atoms with Crippen LogP contribution in [0.25, 0.3) is 0 Å². The van der Waals surface area contributed by atoms with Gasteiger partial charge < -0.3 is 4.74 Å². The molecule has 0 radical (unpaired) electrons. The molecule has 2 nitrogen and oxygen atoms in total. The summed E-state index contributed by atoms with van der Waals surface area (Å²) >= 11 is 5.80. The van der Waals surface area contributed by atoms with Crippen LogP contribution in [0.15, 0.2) is 36.4 Å². The van der Waals surface area contributed by atoms with E-state index >= 15 is 0 Å². The predicted octanol–water partition coefficient (Wildman–Crippen LogP) is 5.73. The Kier molecular flexibility index (Phi) is 10.5. The van der Waals surface area contributed by atoms with E-state index < -0.39 is 0 Å². The van der Waals surface area contributed by atoms with Gasteiger partial charge in [-0.1, -0.05) is 74.9 Å². The monoisotopic (exact) mass is 322 g/mol. The van der Waals surface area contributed by atoms with E-state index in [1.807, 2.05) is 18.2 Å². The average Bonchev–Trinajstić information content (AvgIpc) is 2.51. The van der Waals surface area contributed by atoms with Crippen molar-refractivity contribution in [2.45, 2.75) is 58.3 Å². The van der Waals surface area contributed by atoms with Crippen LogP contribution in [-0.4, -0.2) is 12.6 Å². The van der Waals surface area contributed by atoms with E-state index in [0.717, 1.165) is 12.0 Å². The minimum Gasteiger partial charge on any atom is -0.461 e. The molecule has 0 saturated carbocycles. The molecule has 0 aromatic heterocycles. The maximum absolute atomic E-state index is 11.6. The highest BCUT2D eigenvalue weighted by molar-refractivity contribution is 6.30. The summed E-state index contributed by atoms with van der Waals surface area (Å²) in [6.07, 6.45) is 13.2. The van der Waals surface area contributed by atoms with Crippen molar-refractivity contribution in [2.75, 3.05) is 6.61 Å². The largest absolute Gasteiger partial charge is 0.461 e. The third-order valence-corrected chi connectivity index (χ3v) is 3.75. The second-order valence-electron chi connectivity index (χ2n) is 5.51. The van der Waals surface area contributed by atoms with E-state index in [1.165, 1.54) is 38.5 Å². The van der Waals surface area contributed by atoms with Gasteiger partial charge in [0.2, 0.25) is 0 Å². The summed E-state index contributed by atoms with van der Waals surface area (Å²) in [6.45, 7) is 2.60. The number of allylic oxidation sites excluding steroid dienone is 1. The molecule has 0 atom stereocenters. The van der Waals surface area contributed by atoms with Crippen LogP contribution >= 0.6 is 11.6 Å². The highest BCUT2D eigenvalue weighted by Gasteiger charge is 2.03. The molecular formula is C19H27ClO2. The van der Waals surface area contributed by atoms with Crippen molar-refractivity contribution in [1.29, 1.82) is 0 Å². The van der Waals surface area contributed by atoms with Gasteiger partial charge in [-0.25, -0.2) is 0 Å². The molecule has 1 rings (SSSR count). The van der Waals surface area contributed by atoms with Gasteiger partial charge >= 0.3 is 5.97 Å². The summed E-state index contributed by atoms with van der Waals surface area (Å²) < 4.78 is 5.18. The first kappa shape index (κ1) is 18.8. The zero-order valence-corrected chi connectivity index (χ0v) is 14.3. The quantitative estimate of drug-likeness (QED) is 0.295. The summed E-state index contributed by atoms with van der Waals surface area (Å²) in [5, 5.41) is 0.676. The lowest BCUT2D eigenvalue weighted by molar-refractivity contribution is -0.141. The van der Waals surface area contributed by atoms with Gasteiger partial charge in [-0.15, -0.1) is 0 Å². The fourth-order valence-electron chi connectivity index (χ4n) is 2.19. The van der Waals surface area contributed by atoms with Crippen LogP contribution in [0.2, 0.25) is 5.02 Å². The molecule has 22 heavy (non-hydrogen) atoms. The number of esters is 1. The summed E-state index contributed by atoms with van der Waals surface area (Å²) in [6, 6.07) is 7.26. The first-order chi connectivity index (χ1) is 10.7. The van der Waals surface area contributed by atoms with Crippen molar-refractivity contribution >= 4 is 17.6 Å². The molecule has 0 aliphatic heterocycles. The molecule has 0 unspecified atom stereocenters. The fraction of sp³-hybridized carbons (Fsp3) is 0.526. The first-order valence-electron chi connectivity index (χ1n) is 8.27. The Balaban J connectivity index is 2.02. The molecule has 0 aliphatic carbocycles. The minimum atomic E-state index is -0.202. The maximum atomic E-state index is 11.6. The highest BCUT2D eigenvalue weighted by Crippen LogP contribution is 2.10. The van der Waals surface area contributed by atoms with Gasteiger partial charge in [0.05, 0.1) is 6.42 Å². The number of rotatable bonds is 11. The fourth-order valence-corrected chi connectivity index (χ4v) is 2.32. The van der Waals surface area contributed by atoms with Gasteiger partial charge in [0, 0.05) is 5.02 Å².